The van der Waals surface area contributed by atoms with Gasteiger partial charge < -0.3 is 14.5 Å². The normalized spacial score (nSPS) is 14.6. The van der Waals surface area contributed by atoms with E-state index in [-0.39, 0.29) is 19.1 Å². The van der Waals surface area contributed by atoms with Crippen molar-refractivity contribution in [3.8, 4) is 0 Å². The fraction of sp³-hybridized carbons (Fsp3) is 0.333. The lowest BCUT2D eigenvalue weighted by Crippen LogP contribution is -2.49. The number of ether oxygens (including phenoxy) is 1. The number of hydrogen-bond donors (Lipinski definition) is 0. The Balaban J connectivity index is 1.47. The minimum absolute atomic E-state index is 0.0421. The molecule has 1 saturated heterocycles. The van der Waals surface area contributed by atoms with Gasteiger partial charge in [0.1, 0.15) is 12.4 Å². The highest BCUT2D eigenvalue weighted by atomic mass is 35.5. The van der Waals surface area contributed by atoms with E-state index in [9.17, 15) is 9.18 Å². The first kappa shape index (κ1) is 18.9. The Morgan fingerprint density at radius 3 is 2.65 bits per heavy atom. The monoisotopic (exact) mass is 397 g/mol. The second-order valence-electron chi connectivity index (χ2n) is 5.92. The van der Waals surface area contributed by atoms with Crippen LogP contribution >= 0.6 is 23.2 Å². The van der Waals surface area contributed by atoms with Gasteiger partial charge in [-0.25, -0.2) is 4.39 Å². The molecule has 1 aliphatic heterocycles. The van der Waals surface area contributed by atoms with Crippen molar-refractivity contribution in [1.82, 2.24) is 9.88 Å². The number of pyridine rings is 1. The van der Waals surface area contributed by atoms with Crippen LogP contribution in [0.25, 0.3) is 0 Å². The zero-order chi connectivity index (χ0) is 18.5. The minimum atomic E-state index is -0.437. The molecule has 138 valence electrons. The van der Waals surface area contributed by atoms with Gasteiger partial charge >= 0.3 is 0 Å². The smallest absolute Gasteiger partial charge is 0.248 e. The number of anilines is 1. The fourth-order valence-corrected chi connectivity index (χ4v) is 3.32. The SMILES string of the molecule is O=C(COCc1ccncc1F)N1CCN(c2ccc(Cl)cc2Cl)CC1. The van der Waals surface area contributed by atoms with Crippen LogP contribution < -0.4 is 4.90 Å². The number of halogens is 3. The number of rotatable bonds is 5. The van der Waals surface area contributed by atoms with Crippen molar-refractivity contribution in [1.29, 1.82) is 0 Å². The zero-order valence-corrected chi connectivity index (χ0v) is 15.5. The van der Waals surface area contributed by atoms with Crippen molar-refractivity contribution < 1.29 is 13.9 Å². The summed E-state index contributed by atoms with van der Waals surface area (Å²) >= 11 is 12.2. The minimum Gasteiger partial charge on any atom is -0.367 e. The number of piperazine rings is 1. The standard InChI is InChI=1S/C18H18Cl2FN3O2/c19-14-1-2-17(15(20)9-14)23-5-7-24(8-6-23)18(25)12-26-11-13-3-4-22-10-16(13)21/h1-4,9-10H,5-8,11-12H2. The summed E-state index contributed by atoms with van der Waals surface area (Å²) in [6.45, 7) is 2.46. The molecule has 0 aliphatic carbocycles. The average molecular weight is 398 g/mol. The van der Waals surface area contributed by atoms with Gasteiger partial charge in [-0.3, -0.25) is 9.78 Å². The lowest BCUT2D eigenvalue weighted by atomic mass is 10.2. The van der Waals surface area contributed by atoms with Gasteiger partial charge in [-0.05, 0) is 24.3 Å². The Bertz CT molecular complexity index is 783. The van der Waals surface area contributed by atoms with Gasteiger partial charge in [0, 0.05) is 43.0 Å². The van der Waals surface area contributed by atoms with Crippen LogP contribution in [0.5, 0.6) is 0 Å². The molecule has 1 aliphatic rings. The molecule has 2 aromatic rings. The molecule has 0 radical (unpaired) electrons. The first-order chi connectivity index (χ1) is 12.5. The predicted molar refractivity (Wildman–Crippen MR) is 99.1 cm³/mol. The van der Waals surface area contributed by atoms with E-state index in [2.05, 4.69) is 9.88 Å². The number of amides is 1. The van der Waals surface area contributed by atoms with Crippen LogP contribution in [0.2, 0.25) is 10.0 Å². The van der Waals surface area contributed by atoms with Crippen LogP contribution in [-0.4, -0.2) is 48.6 Å². The summed E-state index contributed by atoms with van der Waals surface area (Å²) in [5.41, 5.74) is 1.29. The van der Waals surface area contributed by atoms with Gasteiger partial charge in [-0.15, -0.1) is 0 Å². The summed E-state index contributed by atoms with van der Waals surface area (Å²) in [5, 5.41) is 1.19. The molecule has 0 N–H and O–H groups in total. The average Bonchev–Trinajstić information content (AvgIpc) is 2.63. The molecule has 0 bridgehead atoms. The lowest BCUT2D eigenvalue weighted by molar-refractivity contribution is -0.136. The third-order valence-corrected chi connectivity index (χ3v) is 4.76. The van der Waals surface area contributed by atoms with E-state index >= 15 is 0 Å². The molecule has 1 fully saturated rings. The quantitative estimate of drug-likeness (QED) is 0.775. The number of hydrogen-bond acceptors (Lipinski definition) is 4. The van der Waals surface area contributed by atoms with Crippen molar-refractivity contribution >= 4 is 34.8 Å². The molecule has 3 rings (SSSR count). The van der Waals surface area contributed by atoms with Gasteiger partial charge in [-0.1, -0.05) is 23.2 Å². The number of aromatic nitrogens is 1. The van der Waals surface area contributed by atoms with Crippen LogP contribution in [0.3, 0.4) is 0 Å². The Labute approximate surface area is 161 Å². The largest absolute Gasteiger partial charge is 0.367 e. The van der Waals surface area contributed by atoms with Gasteiger partial charge in [-0.2, -0.15) is 0 Å². The Morgan fingerprint density at radius 1 is 1.19 bits per heavy atom. The highest BCUT2D eigenvalue weighted by molar-refractivity contribution is 6.36. The van der Waals surface area contributed by atoms with E-state index < -0.39 is 5.82 Å². The number of carbonyl (C=O) groups excluding carboxylic acids is 1. The fourth-order valence-electron chi connectivity index (χ4n) is 2.80. The summed E-state index contributed by atoms with van der Waals surface area (Å²) in [7, 11) is 0. The summed E-state index contributed by atoms with van der Waals surface area (Å²) in [5.74, 6) is -0.547. The second-order valence-corrected chi connectivity index (χ2v) is 6.77. The maximum atomic E-state index is 13.5. The number of nitrogens with zero attached hydrogens (tertiary/aromatic N) is 3. The van der Waals surface area contributed by atoms with Gasteiger partial charge in [0.05, 0.1) is 23.5 Å². The molecule has 8 heteroatoms. The van der Waals surface area contributed by atoms with Crippen LogP contribution in [0.1, 0.15) is 5.56 Å². The van der Waals surface area contributed by atoms with Crippen molar-refractivity contribution in [3.05, 3.63) is 58.1 Å². The molecule has 1 aromatic carbocycles. The second kappa shape index (κ2) is 8.66. The molecule has 0 atom stereocenters. The first-order valence-corrected chi connectivity index (χ1v) is 8.94. The number of benzene rings is 1. The molecular weight excluding hydrogens is 380 g/mol. The van der Waals surface area contributed by atoms with Crippen LogP contribution in [0, 0.1) is 5.82 Å². The van der Waals surface area contributed by atoms with Crippen molar-refractivity contribution in [2.75, 3.05) is 37.7 Å². The Hall–Kier alpha value is -1.89. The summed E-state index contributed by atoms with van der Waals surface area (Å²) < 4.78 is 18.8. The van der Waals surface area contributed by atoms with Crippen molar-refractivity contribution in [3.63, 3.8) is 0 Å². The maximum Gasteiger partial charge on any atom is 0.248 e. The van der Waals surface area contributed by atoms with Gasteiger partial charge in [0.2, 0.25) is 5.91 Å². The van der Waals surface area contributed by atoms with Crippen molar-refractivity contribution in [2.45, 2.75) is 6.61 Å². The van der Waals surface area contributed by atoms with E-state index in [1.54, 1.807) is 17.0 Å². The van der Waals surface area contributed by atoms with E-state index in [1.807, 2.05) is 6.07 Å². The molecule has 0 spiro atoms. The zero-order valence-electron chi connectivity index (χ0n) is 14.0. The Morgan fingerprint density at radius 2 is 1.96 bits per heavy atom. The van der Waals surface area contributed by atoms with E-state index in [0.29, 0.717) is 41.8 Å². The van der Waals surface area contributed by atoms with E-state index in [4.69, 9.17) is 27.9 Å². The maximum absolute atomic E-state index is 13.5. The molecular formula is C18H18Cl2FN3O2. The number of carbonyl (C=O) groups is 1. The predicted octanol–water partition coefficient (Wildman–Crippen LogP) is 3.39. The molecule has 26 heavy (non-hydrogen) atoms. The van der Waals surface area contributed by atoms with Crippen LogP contribution in [0.15, 0.2) is 36.7 Å². The highest BCUT2D eigenvalue weighted by Crippen LogP contribution is 2.29. The summed E-state index contributed by atoms with van der Waals surface area (Å²) in [6.07, 6.45) is 2.62. The molecule has 2 heterocycles. The third-order valence-electron chi connectivity index (χ3n) is 4.22. The lowest BCUT2D eigenvalue weighted by Gasteiger charge is -2.36. The molecule has 5 nitrogen and oxygen atoms in total. The summed E-state index contributed by atoms with van der Waals surface area (Å²) in [4.78, 5) is 19.8. The highest BCUT2D eigenvalue weighted by Gasteiger charge is 2.22. The van der Waals surface area contributed by atoms with Crippen LogP contribution in [-0.2, 0) is 16.1 Å². The van der Waals surface area contributed by atoms with Gasteiger partial charge in [0.25, 0.3) is 0 Å². The first-order valence-electron chi connectivity index (χ1n) is 8.18. The van der Waals surface area contributed by atoms with Crippen LogP contribution in [0.4, 0.5) is 10.1 Å². The third kappa shape index (κ3) is 4.63. The molecule has 0 unspecified atom stereocenters. The summed E-state index contributed by atoms with van der Waals surface area (Å²) in [6, 6.07) is 6.93. The van der Waals surface area contributed by atoms with E-state index in [1.165, 1.54) is 12.3 Å². The molecule has 0 saturated carbocycles. The van der Waals surface area contributed by atoms with Crippen molar-refractivity contribution in [2.24, 2.45) is 0 Å². The van der Waals surface area contributed by atoms with E-state index in [0.717, 1.165) is 11.9 Å². The topological polar surface area (TPSA) is 45.7 Å². The van der Waals surface area contributed by atoms with Gasteiger partial charge in [0.15, 0.2) is 0 Å². The Kier molecular flexibility index (Phi) is 6.29. The molecule has 1 amide bonds. The molecule has 1 aromatic heterocycles.